The minimum Gasteiger partial charge on any atom is -0.497 e. The number of aromatic hydroxyl groups is 1. The first-order valence-corrected chi connectivity index (χ1v) is 11.8. The van der Waals surface area contributed by atoms with Gasteiger partial charge in [-0.2, -0.15) is 0 Å². The van der Waals surface area contributed by atoms with Crippen LogP contribution in [-0.2, 0) is 0 Å². The van der Waals surface area contributed by atoms with Crippen LogP contribution in [0.25, 0.3) is 15.9 Å². The molecular formula is C24H24FN5O3S. The third-order valence-corrected chi connectivity index (χ3v) is 6.66. The van der Waals surface area contributed by atoms with Crippen LogP contribution >= 0.6 is 11.3 Å². The molecule has 1 aliphatic heterocycles. The molecule has 1 aliphatic rings. The van der Waals surface area contributed by atoms with Crippen molar-refractivity contribution in [3.8, 4) is 16.8 Å². The van der Waals surface area contributed by atoms with E-state index in [2.05, 4.69) is 20.5 Å². The van der Waals surface area contributed by atoms with E-state index in [1.54, 1.807) is 30.8 Å². The van der Waals surface area contributed by atoms with Gasteiger partial charge in [0, 0.05) is 42.0 Å². The minimum atomic E-state index is -0.444. The quantitative estimate of drug-likeness (QED) is 0.399. The Morgan fingerprint density at radius 2 is 2.12 bits per heavy atom. The molecule has 1 saturated heterocycles. The van der Waals surface area contributed by atoms with Crippen molar-refractivity contribution in [2.45, 2.75) is 6.42 Å². The number of nitrogens with one attached hydrogen (secondary N) is 2. The molecule has 2 aromatic heterocycles. The van der Waals surface area contributed by atoms with Gasteiger partial charge in [-0.3, -0.25) is 9.36 Å². The van der Waals surface area contributed by atoms with Crippen LogP contribution in [0.2, 0.25) is 0 Å². The highest BCUT2D eigenvalue weighted by Crippen LogP contribution is 2.34. The number of aromatic nitrogens is 2. The number of benzene rings is 2. The Morgan fingerprint density at radius 3 is 2.97 bits per heavy atom. The Hall–Kier alpha value is -3.63. The van der Waals surface area contributed by atoms with Gasteiger partial charge in [-0.1, -0.05) is 0 Å². The SMILES string of the molecule is COc1ccc2cn(-c3nc(C(=O)Nc4cc(F)ccc4N4CCCNCC4)cs3)c(O)c2c1. The summed E-state index contributed by atoms with van der Waals surface area (Å²) in [4.78, 5) is 19.6. The number of anilines is 2. The molecule has 176 valence electrons. The second-order valence-corrected chi connectivity index (χ2v) is 8.83. The highest BCUT2D eigenvalue weighted by molar-refractivity contribution is 7.12. The number of carbonyl (C=O) groups excluding carboxylic acids is 1. The molecule has 0 radical (unpaired) electrons. The fourth-order valence-electron chi connectivity index (χ4n) is 4.08. The molecule has 5 rings (SSSR count). The molecule has 0 aliphatic carbocycles. The molecule has 8 nitrogen and oxygen atoms in total. The Balaban J connectivity index is 1.41. The van der Waals surface area contributed by atoms with E-state index >= 15 is 0 Å². The maximum atomic E-state index is 14.0. The van der Waals surface area contributed by atoms with Crippen molar-refractivity contribution in [3.63, 3.8) is 0 Å². The van der Waals surface area contributed by atoms with Crippen molar-refractivity contribution >= 4 is 39.4 Å². The number of fused-ring (bicyclic) bond motifs is 1. The number of ether oxygens (including phenoxy) is 1. The molecule has 2 aromatic carbocycles. The third kappa shape index (κ3) is 4.29. The highest BCUT2D eigenvalue weighted by Gasteiger charge is 2.19. The van der Waals surface area contributed by atoms with Gasteiger partial charge in [0.05, 0.1) is 18.5 Å². The summed E-state index contributed by atoms with van der Waals surface area (Å²) >= 11 is 1.23. The van der Waals surface area contributed by atoms with E-state index in [1.165, 1.54) is 28.0 Å². The summed E-state index contributed by atoms with van der Waals surface area (Å²) in [6, 6.07) is 9.82. The number of nitrogens with zero attached hydrogens (tertiary/aromatic N) is 3. The van der Waals surface area contributed by atoms with E-state index in [4.69, 9.17) is 4.74 Å². The lowest BCUT2D eigenvalue weighted by Crippen LogP contribution is -2.29. The van der Waals surface area contributed by atoms with Gasteiger partial charge in [0.25, 0.3) is 5.91 Å². The summed E-state index contributed by atoms with van der Waals surface area (Å²) in [5, 5.41) is 20.4. The van der Waals surface area contributed by atoms with Gasteiger partial charge in [0.1, 0.15) is 17.3 Å². The van der Waals surface area contributed by atoms with Gasteiger partial charge in [-0.15, -0.1) is 11.3 Å². The summed E-state index contributed by atoms with van der Waals surface area (Å²) in [6.07, 6.45) is 2.71. The standard InChI is InChI=1S/C24H24FN5O3S/c1-33-17-5-3-15-13-30(23(32)18(15)12-17)24-28-20(14-34-24)22(31)27-19-11-16(25)4-6-21(19)29-9-2-7-26-8-10-29/h3-6,11-14,26,32H,2,7-10H2,1H3,(H,27,31). The Kier molecular flexibility index (Phi) is 6.08. The predicted molar refractivity (Wildman–Crippen MR) is 131 cm³/mol. The molecule has 0 atom stereocenters. The number of carbonyl (C=O) groups is 1. The maximum Gasteiger partial charge on any atom is 0.275 e. The minimum absolute atomic E-state index is 0.0115. The summed E-state index contributed by atoms with van der Waals surface area (Å²) in [5.41, 5.74) is 1.36. The summed E-state index contributed by atoms with van der Waals surface area (Å²) < 4.78 is 20.8. The van der Waals surface area contributed by atoms with Crippen LogP contribution in [0.1, 0.15) is 16.9 Å². The van der Waals surface area contributed by atoms with Crippen molar-refractivity contribution in [1.82, 2.24) is 14.9 Å². The lowest BCUT2D eigenvalue weighted by atomic mass is 10.2. The first kappa shape index (κ1) is 22.2. The number of rotatable bonds is 5. The van der Waals surface area contributed by atoms with E-state index < -0.39 is 11.7 Å². The van der Waals surface area contributed by atoms with Gasteiger partial charge in [0.2, 0.25) is 5.88 Å². The zero-order valence-corrected chi connectivity index (χ0v) is 19.4. The van der Waals surface area contributed by atoms with Crippen molar-refractivity contribution < 1.29 is 19.0 Å². The van der Waals surface area contributed by atoms with Crippen LogP contribution < -0.4 is 20.3 Å². The lowest BCUT2D eigenvalue weighted by molar-refractivity contribution is 0.102. The molecule has 1 fully saturated rings. The van der Waals surface area contributed by atoms with Crippen LogP contribution in [0.5, 0.6) is 11.6 Å². The Labute approximate surface area is 199 Å². The highest BCUT2D eigenvalue weighted by atomic mass is 32.1. The average molecular weight is 482 g/mol. The first-order valence-electron chi connectivity index (χ1n) is 10.9. The maximum absolute atomic E-state index is 14.0. The zero-order chi connectivity index (χ0) is 23.7. The van der Waals surface area contributed by atoms with Gasteiger partial charge in [-0.05, 0) is 49.4 Å². The Morgan fingerprint density at radius 1 is 1.24 bits per heavy atom. The van der Waals surface area contributed by atoms with Gasteiger partial charge >= 0.3 is 0 Å². The van der Waals surface area contributed by atoms with E-state index in [9.17, 15) is 14.3 Å². The van der Waals surface area contributed by atoms with E-state index in [0.717, 1.165) is 43.7 Å². The van der Waals surface area contributed by atoms with E-state index in [1.807, 2.05) is 12.1 Å². The monoisotopic (exact) mass is 481 g/mol. The average Bonchev–Trinajstić information content (AvgIpc) is 3.35. The van der Waals surface area contributed by atoms with E-state index in [0.29, 0.717) is 22.0 Å². The molecular weight excluding hydrogens is 457 g/mol. The summed E-state index contributed by atoms with van der Waals surface area (Å²) in [5.74, 6) is -0.228. The molecule has 4 aromatic rings. The third-order valence-electron chi connectivity index (χ3n) is 5.82. The number of thiazole rings is 1. The number of halogens is 1. The molecule has 3 N–H and O–H groups in total. The number of hydrogen-bond donors (Lipinski definition) is 3. The van der Waals surface area contributed by atoms with Gasteiger partial charge in [-0.25, -0.2) is 9.37 Å². The normalized spacial score (nSPS) is 14.2. The molecule has 0 bridgehead atoms. The lowest BCUT2D eigenvalue weighted by Gasteiger charge is -2.25. The number of methoxy groups -OCH3 is 1. The topological polar surface area (TPSA) is 91.7 Å². The fraction of sp³-hybridized carbons (Fsp3) is 0.250. The molecule has 34 heavy (non-hydrogen) atoms. The molecule has 1 amide bonds. The smallest absolute Gasteiger partial charge is 0.275 e. The molecule has 0 unspecified atom stereocenters. The molecule has 0 spiro atoms. The van der Waals surface area contributed by atoms with Crippen LogP contribution in [0.3, 0.4) is 0 Å². The Bertz CT molecular complexity index is 1340. The van der Waals surface area contributed by atoms with E-state index in [-0.39, 0.29) is 11.6 Å². The second-order valence-electron chi connectivity index (χ2n) is 8.00. The number of amides is 1. The van der Waals surface area contributed by atoms with Crippen LogP contribution in [0.4, 0.5) is 15.8 Å². The van der Waals surface area contributed by atoms with Crippen molar-refractivity contribution in [2.24, 2.45) is 0 Å². The number of hydrogen-bond acceptors (Lipinski definition) is 7. The van der Waals surface area contributed by atoms with Crippen molar-refractivity contribution in [3.05, 3.63) is 59.5 Å². The molecule has 10 heteroatoms. The first-order chi connectivity index (χ1) is 16.5. The van der Waals surface area contributed by atoms with Crippen LogP contribution in [0, 0.1) is 5.82 Å². The summed E-state index contributed by atoms with van der Waals surface area (Å²) in [7, 11) is 1.56. The van der Waals surface area contributed by atoms with Gasteiger partial charge < -0.3 is 25.4 Å². The zero-order valence-electron chi connectivity index (χ0n) is 18.5. The summed E-state index contributed by atoms with van der Waals surface area (Å²) in [6.45, 7) is 3.32. The van der Waals surface area contributed by atoms with Gasteiger partial charge in [0.15, 0.2) is 5.13 Å². The fourth-order valence-corrected chi connectivity index (χ4v) is 4.86. The molecule has 3 heterocycles. The molecule has 0 saturated carbocycles. The van der Waals surface area contributed by atoms with Crippen molar-refractivity contribution in [1.29, 1.82) is 0 Å². The predicted octanol–water partition coefficient (Wildman–Crippen LogP) is 3.99. The van der Waals surface area contributed by atoms with Crippen LogP contribution in [-0.4, -0.2) is 53.9 Å². The van der Waals surface area contributed by atoms with Crippen LogP contribution in [0.15, 0.2) is 48.0 Å². The largest absolute Gasteiger partial charge is 0.497 e. The second kappa shape index (κ2) is 9.32. The van der Waals surface area contributed by atoms with Crippen molar-refractivity contribution in [2.75, 3.05) is 43.5 Å².